The van der Waals surface area contributed by atoms with Crippen molar-refractivity contribution < 1.29 is 0 Å². The fourth-order valence-electron chi connectivity index (χ4n) is 2.07. The monoisotopic (exact) mass is 334 g/mol. The van der Waals surface area contributed by atoms with Gasteiger partial charge in [-0.2, -0.15) is 0 Å². The normalized spacial score (nSPS) is 12.3. The average Bonchev–Trinajstić information content (AvgIpc) is 2.46. The largest absolute Gasteiger partial charge is 0.398 e. The highest BCUT2D eigenvalue weighted by molar-refractivity contribution is 9.10. The standard InChI is InChI=1S/C15H19BrN4/c1-2-6-19-14(15-12(16)4-3-7-20-15)9-11-10-18-8-5-13(11)17/h3-5,7-8,10,14,19H,2,6,9H2,1H3,(H2,17,18). The van der Waals surface area contributed by atoms with Gasteiger partial charge in [0.1, 0.15) is 0 Å². The second kappa shape index (κ2) is 7.36. The maximum atomic E-state index is 6.01. The van der Waals surface area contributed by atoms with E-state index < -0.39 is 0 Å². The molecule has 0 saturated heterocycles. The van der Waals surface area contributed by atoms with Crippen molar-refractivity contribution in [2.75, 3.05) is 12.3 Å². The van der Waals surface area contributed by atoms with E-state index in [-0.39, 0.29) is 6.04 Å². The zero-order chi connectivity index (χ0) is 14.4. The molecule has 1 unspecified atom stereocenters. The van der Waals surface area contributed by atoms with E-state index >= 15 is 0 Å². The van der Waals surface area contributed by atoms with Crippen LogP contribution in [0.3, 0.4) is 0 Å². The van der Waals surface area contributed by atoms with Crippen molar-refractivity contribution in [3.05, 3.63) is 52.5 Å². The van der Waals surface area contributed by atoms with Crippen LogP contribution in [0.4, 0.5) is 5.69 Å². The Bertz CT molecular complexity index is 559. The van der Waals surface area contributed by atoms with Crippen LogP contribution >= 0.6 is 15.9 Å². The second-order valence-corrected chi connectivity index (χ2v) is 5.51. The topological polar surface area (TPSA) is 63.8 Å². The molecule has 2 aromatic heterocycles. The van der Waals surface area contributed by atoms with Gasteiger partial charge in [0.25, 0.3) is 0 Å². The van der Waals surface area contributed by atoms with Gasteiger partial charge in [-0.1, -0.05) is 6.92 Å². The first-order valence-corrected chi connectivity index (χ1v) is 7.53. The third kappa shape index (κ3) is 3.77. The van der Waals surface area contributed by atoms with Gasteiger partial charge in [0, 0.05) is 28.8 Å². The summed E-state index contributed by atoms with van der Waals surface area (Å²) in [6, 6.07) is 5.88. The van der Waals surface area contributed by atoms with Crippen molar-refractivity contribution in [3.8, 4) is 0 Å². The van der Waals surface area contributed by atoms with Gasteiger partial charge in [-0.3, -0.25) is 9.97 Å². The van der Waals surface area contributed by atoms with E-state index in [9.17, 15) is 0 Å². The van der Waals surface area contributed by atoms with Crippen LogP contribution in [0.1, 0.15) is 30.6 Å². The number of nitrogen functional groups attached to an aromatic ring is 1. The summed E-state index contributed by atoms with van der Waals surface area (Å²) in [6.45, 7) is 3.09. The maximum Gasteiger partial charge on any atom is 0.0718 e. The maximum absolute atomic E-state index is 6.01. The van der Waals surface area contributed by atoms with E-state index in [1.165, 1.54) is 0 Å². The molecule has 0 saturated carbocycles. The molecule has 0 aliphatic rings. The number of pyridine rings is 2. The molecule has 2 rings (SSSR count). The predicted molar refractivity (Wildman–Crippen MR) is 85.3 cm³/mol. The first kappa shape index (κ1) is 14.9. The molecular weight excluding hydrogens is 316 g/mol. The molecule has 1 atom stereocenters. The summed E-state index contributed by atoms with van der Waals surface area (Å²) in [5.74, 6) is 0. The molecule has 3 N–H and O–H groups in total. The lowest BCUT2D eigenvalue weighted by molar-refractivity contribution is 0.516. The summed E-state index contributed by atoms with van der Waals surface area (Å²) < 4.78 is 1.01. The van der Waals surface area contributed by atoms with E-state index in [2.05, 4.69) is 38.1 Å². The number of anilines is 1. The van der Waals surface area contributed by atoms with Crippen molar-refractivity contribution in [1.29, 1.82) is 0 Å². The number of nitrogens with two attached hydrogens (primary N) is 1. The van der Waals surface area contributed by atoms with Gasteiger partial charge in [-0.05, 0) is 59.1 Å². The number of hydrogen-bond acceptors (Lipinski definition) is 4. The van der Waals surface area contributed by atoms with Gasteiger partial charge in [-0.15, -0.1) is 0 Å². The van der Waals surface area contributed by atoms with Crippen LogP contribution < -0.4 is 11.1 Å². The number of aromatic nitrogens is 2. The van der Waals surface area contributed by atoms with Crippen LogP contribution in [-0.2, 0) is 6.42 Å². The molecule has 20 heavy (non-hydrogen) atoms. The van der Waals surface area contributed by atoms with Gasteiger partial charge in [0.15, 0.2) is 0 Å². The number of hydrogen-bond donors (Lipinski definition) is 2. The molecular formula is C15H19BrN4. The number of nitrogens with one attached hydrogen (secondary N) is 1. The minimum Gasteiger partial charge on any atom is -0.398 e. The zero-order valence-electron chi connectivity index (χ0n) is 11.5. The smallest absolute Gasteiger partial charge is 0.0718 e. The molecule has 2 aromatic rings. The molecule has 0 fully saturated rings. The Hall–Kier alpha value is -1.46. The first-order valence-electron chi connectivity index (χ1n) is 6.74. The van der Waals surface area contributed by atoms with Crippen LogP contribution in [0.25, 0.3) is 0 Å². The van der Waals surface area contributed by atoms with E-state index in [4.69, 9.17) is 5.73 Å². The lowest BCUT2D eigenvalue weighted by atomic mass is 10.0. The molecule has 5 heteroatoms. The molecule has 0 bridgehead atoms. The highest BCUT2D eigenvalue weighted by Crippen LogP contribution is 2.25. The van der Waals surface area contributed by atoms with E-state index in [1.807, 2.05) is 30.6 Å². The Labute approximate surface area is 128 Å². The molecule has 2 heterocycles. The van der Waals surface area contributed by atoms with Crippen molar-refractivity contribution in [3.63, 3.8) is 0 Å². The molecule has 0 radical (unpaired) electrons. The quantitative estimate of drug-likeness (QED) is 0.851. The summed E-state index contributed by atoms with van der Waals surface area (Å²) in [5, 5.41) is 3.53. The van der Waals surface area contributed by atoms with Crippen molar-refractivity contribution in [2.24, 2.45) is 0 Å². The van der Waals surface area contributed by atoms with Gasteiger partial charge in [0.05, 0.1) is 11.7 Å². The van der Waals surface area contributed by atoms with Crippen molar-refractivity contribution in [1.82, 2.24) is 15.3 Å². The van der Waals surface area contributed by atoms with Crippen LogP contribution in [-0.4, -0.2) is 16.5 Å². The minimum absolute atomic E-state index is 0.122. The number of halogens is 1. The van der Waals surface area contributed by atoms with Crippen LogP contribution in [0, 0.1) is 0 Å². The summed E-state index contributed by atoms with van der Waals surface area (Å²) in [7, 11) is 0. The van der Waals surface area contributed by atoms with Crippen molar-refractivity contribution >= 4 is 21.6 Å². The van der Waals surface area contributed by atoms with Gasteiger partial charge < -0.3 is 11.1 Å². The zero-order valence-corrected chi connectivity index (χ0v) is 13.1. The Kier molecular flexibility index (Phi) is 5.49. The summed E-state index contributed by atoms with van der Waals surface area (Å²) in [6.07, 6.45) is 7.20. The highest BCUT2D eigenvalue weighted by Gasteiger charge is 2.17. The van der Waals surface area contributed by atoms with Crippen LogP contribution in [0.5, 0.6) is 0 Å². The number of nitrogens with zero attached hydrogens (tertiary/aromatic N) is 2. The summed E-state index contributed by atoms with van der Waals surface area (Å²) >= 11 is 3.57. The fraction of sp³-hybridized carbons (Fsp3) is 0.333. The molecule has 4 nitrogen and oxygen atoms in total. The molecule has 0 aliphatic heterocycles. The lowest BCUT2D eigenvalue weighted by Crippen LogP contribution is -2.25. The van der Waals surface area contributed by atoms with Crippen LogP contribution in [0.15, 0.2) is 41.3 Å². The summed E-state index contributed by atoms with van der Waals surface area (Å²) in [5.41, 5.74) is 8.83. The van der Waals surface area contributed by atoms with Gasteiger partial charge in [0.2, 0.25) is 0 Å². The SMILES string of the molecule is CCCNC(Cc1cnccc1N)c1ncccc1Br. The average molecular weight is 335 g/mol. The third-order valence-corrected chi connectivity index (χ3v) is 3.79. The Morgan fingerprint density at radius 2 is 2.20 bits per heavy atom. The van der Waals surface area contributed by atoms with Crippen molar-refractivity contribution in [2.45, 2.75) is 25.8 Å². The number of rotatable bonds is 6. The molecule has 0 aromatic carbocycles. The van der Waals surface area contributed by atoms with E-state index in [0.29, 0.717) is 0 Å². The summed E-state index contributed by atoms with van der Waals surface area (Å²) in [4.78, 5) is 8.64. The Balaban J connectivity index is 2.24. The molecule has 106 valence electrons. The lowest BCUT2D eigenvalue weighted by Gasteiger charge is -2.20. The molecule has 0 aliphatic carbocycles. The van der Waals surface area contributed by atoms with Crippen LogP contribution in [0.2, 0.25) is 0 Å². The first-order chi connectivity index (χ1) is 9.72. The Morgan fingerprint density at radius 1 is 1.35 bits per heavy atom. The molecule has 0 amide bonds. The fourth-order valence-corrected chi connectivity index (χ4v) is 2.60. The highest BCUT2D eigenvalue weighted by atomic mass is 79.9. The van der Waals surface area contributed by atoms with E-state index in [0.717, 1.165) is 40.8 Å². The minimum atomic E-state index is 0.122. The second-order valence-electron chi connectivity index (χ2n) is 4.66. The Morgan fingerprint density at radius 3 is 2.90 bits per heavy atom. The van der Waals surface area contributed by atoms with E-state index in [1.54, 1.807) is 6.20 Å². The third-order valence-electron chi connectivity index (χ3n) is 3.12. The molecule has 0 spiro atoms. The van der Waals surface area contributed by atoms with Gasteiger partial charge >= 0.3 is 0 Å². The van der Waals surface area contributed by atoms with Gasteiger partial charge in [-0.25, -0.2) is 0 Å². The predicted octanol–water partition coefficient (Wildman–Crippen LogP) is 3.10.